The second-order valence-corrected chi connectivity index (χ2v) is 10.3. The molecule has 0 spiro atoms. The van der Waals surface area contributed by atoms with Crippen molar-refractivity contribution in [1.82, 2.24) is 0 Å². The smallest absolute Gasteiger partial charge is 0.264 e. The first kappa shape index (κ1) is 23.9. The Morgan fingerprint density at radius 2 is 1.47 bits per heavy atom. The van der Waals surface area contributed by atoms with Crippen LogP contribution in [-0.2, 0) is 10.1 Å². The molecule has 9 heteroatoms. The minimum atomic E-state index is -3.92. The molecule has 32 heavy (non-hydrogen) atoms. The maximum Gasteiger partial charge on any atom is 0.264 e. The molecule has 172 valence electrons. The van der Waals surface area contributed by atoms with Gasteiger partial charge in [-0.25, -0.2) is 0 Å². The molecule has 0 amide bonds. The first-order valence-electron chi connectivity index (χ1n) is 10.6. The number of hydrogen-bond donors (Lipinski definition) is 3. The van der Waals surface area contributed by atoms with Gasteiger partial charge in [-0.2, -0.15) is 8.42 Å². The van der Waals surface area contributed by atoms with Gasteiger partial charge in [0, 0.05) is 29.8 Å². The third kappa shape index (κ3) is 5.53. The molecule has 0 heterocycles. The summed E-state index contributed by atoms with van der Waals surface area (Å²) in [6.07, 6.45) is 1.87. The van der Waals surface area contributed by atoms with Crippen LogP contribution in [0.1, 0.15) is 51.1 Å². The fourth-order valence-corrected chi connectivity index (χ4v) is 4.59. The average Bonchev–Trinajstić information content (AvgIpc) is 2.72. The van der Waals surface area contributed by atoms with E-state index in [1.807, 2.05) is 0 Å². The van der Waals surface area contributed by atoms with Gasteiger partial charge in [0.05, 0.1) is 44.1 Å². The van der Waals surface area contributed by atoms with Crippen LogP contribution in [0, 0.1) is 0 Å². The minimum Gasteiger partial charge on any atom is -0.507 e. The van der Waals surface area contributed by atoms with Crippen LogP contribution in [0.3, 0.4) is 0 Å². The Kier molecular flexibility index (Phi) is 7.02. The molecule has 1 aliphatic carbocycles. The Balaban J connectivity index is 1.62. The second-order valence-electron chi connectivity index (χ2n) is 8.74. The summed E-state index contributed by atoms with van der Waals surface area (Å²) >= 11 is 0. The standard InChI is InChI=1S/C23H28N2O6S/c1-25(2,13-5-6-15-32(29,30)31)14-7-12-24-18-10-11-19(26)21-20(18)22(27)16-8-3-4-9-17(16)23(21)28/h3-4,8-11H,5-7,12-15H2,1-2H3,(H2-,24,26,27,28,29,30,31)/p+1. The quantitative estimate of drug-likeness (QED) is 0.184. The molecule has 0 unspecified atom stereocenters. The van der Waals surface area contributed by atoms with E-state index in [2.05, 4.69) is 19.4 Å². The van der Waals surface area contributed by atoms with Crippen LogP contribution in [0.15, 0.2) is 36.4 Å². The Bertz CT molecular complexity index is 1140. The molecule has 2 aromatic rings. The zero-order chi connectivity index (χ0) is 23.5. The monoisotopic (exact) mass is 461 g/mol. The summed E-state index contributed by atoms with van der Waals surface area (Å²) in [6.45, 7) is 2.15. The van der Waals surface area contributed by atoms with Crippen molar-refractivity contribution >= 4 is 27.4 Å². The number of carbonyl (C=O) groups is 2. The number of fused-ring (bicyclic) bond motifs is 2. The maximum absolute atomic E-state index is 13.1. The van der Waals surface area contributed by atoms with Crippen molar-refractivity contribution in [2.75, 3.05) is 44.8 Å². The molecular weight excluding hydrogens is 432 g/mol. The number of phenolic OH excluding ortho intramolecular Hbond substituents is 1. The van der Waals surface area contributed by atoms with Gasteiger partial charge >= 0.3 is 0 Å². The number of nitrogens with one attached hydrogen (secondary N) is 1. The number of nitrogens with zero attached hydrogens (tertiary/aromatic N) is 1. The van der Waals surface area contributed by atoms with Crippen LogP contribution in [0.5, 0.6) is 5.75 Å². The summed E-state index contributed by atoms with van der Waals surface area (Å²) in [7, 11) is 0.184. The lowest BCUT2D eigenvalue weighted by Crippen LogP contribution is -2.42. The van der Waals surface area contributed by atoms with Gasteiger partial charge in [-0.15, -0.1) is 0 Å². The molecule has 2 aromatic carbocycles. The average molecular weight is 462 g/mol. The third-order valence-corrected chi connectivity index (χ3v) is 6.53. The zero-order valence-corrected chi connectivity index (χ0v) is 19.1. The van der Waals surface area contributed by atoms with E-state index in [0.717, 1.165) is 19.5 Å². The van der Waals surface area contributed by atoms with Gasteiger partial charge in [0.15, 0.2) is 11.6 Å². The van der Waals surface area contributed by atoms with E-state index in [1.54, 1.807) is 30.3 Å². The summed E-state index contributed by atoms with van der Waals surface area (Å²) < 4.78 is 31.1. The van der Waals surface area contributed by atoms with Gasteiger partial charge in [0.25, 0.3) is 10.1 Å². The second kappa shape index (κ2) is 9.40. The SMILES string of the molecule is C[N+](C)(CCCCS(=O)(=O)O)CCCNc1ccc(O)c2c1C(=O)c1ccccc1C2=O. The molecular formula is C23H29N2O6S+. The van der Waals surface area contributed by atoms with Crippen molar-refractivity contribution in [3.63, 3.8) is 0 Å². The Labute approximate surface area is 188 Å². The van der Waals surface area contributed by atoms with Crippen molar-refractivity contribution in [3.8, 4) is 5.75 Å². The molecule has 1 aliphatic rings. The van der Waals surface area contributed by atoms with E-state index >= 15 is 0 Å². The third-order valence-electron chi connectivity index (χ3n) is 5.73. The summed E-state index contributed by atoms with van der Waals surface area (Å²) in [5.41, 5.74) is 1.39. The molecule has 0 radical (unpaired) electrons. The molecule has 0 aromatic heterocycles. The predicted octanol–water partition coefficient (Wildman–Crippen LogP) is 2.71. The van der Waals surface area contributed by atoms with E-state index in [4.69, 9.17) is 4.55 Å². The first-order valence-corrected chi connectivity index (χ1v) is 12.2. The van der Waals surface area contributed by atoms with Crippen LogP contribution in [-0.4, -0.2) is 73.6 Å². The summed E-state index contributed by atoms with van der Waals surface area (Å²) in [5.74, 6) is -1.08. The number of anilines is 1. The number of ketones is 2. The number of carbonyl (C=O) groups excluding carboxylic acids is 2. The van der Waals surface area contributed by atoms with Crippen LogP contribution in [0.4, 0.5) is 5.69 Å². The maximum atomic E-state index is 13.1. The highest BCUT2D eigenvalue weighted by molar-refractivity contribution is 7.85. The van der Waals surface area contributed by atoms with E-state index in [0.29, 0.717) is 40.7 Å². The summed E-state index contributed by atoms with van der Waals surface area (Å²) in [5, 5.41) is 13.5. The Hall–Kier alpha value is -2.75. The number of rotatable bonds is 10. The lowest BCUT2D eigenvalue weighted by atomic mass is 9.82. The molecule has 0 bridgehead atoms. The topological polar surface area (TPSA) is 121 Å². The highest BCUT2D eigenvalue weighted by Crippen LogP contribution is 2.36. The fraction of sp³-hybridized carbons (Fsp3) is 0.391. The van der Waals surface area contributed by atoms with Gasteiger partial charge in [-0.05, 0) is 25.0 Å². The fourth-order valence-electron chi connectivity index (χ4n) is 4.02. The highest BCUT2D eigenvalue weighted by Gasteiger charge is 2.33. The Morgan fingerprint density at radius 1 is 0.875 bits per heavy atom. The van der Waals surface area contributed by atoms with Crippen LogP contribution < -0.4 is 5.32 Å². The first-order chi connectivity index (χ1) is 15.0. The van der Waals surface area contributed by atoms with Gasteiger partial charge in [-0.3, -0.25) is 14.1 Å². The van der Waals surface area contributed by atoms with Crippen molar-refractivity contribution in [2.45, 2.75) is 19.3 Å². The normalized spacial score (nSPS) is 13.6. The van der Waals surface area contributed by atoms with Crippen molar-refractivity contribution < 1.29 is 32.1 Å². The number of aromatic hydroxyl groups is 1. The number of hydrogen-bond acceptors (Lipinski definition) is 6. The van der Waals surface area contributed by atoms with E-state index in [9.17, 15) is 23.1 Å². The highest BCUT2D eigenvalue weighted by atomic mass is 32.2. The summed E-state index contributed by atoms with van der Waals surface area (Å²) in [6, 6.07) is 9.65. The van der Waals surface area contributed by atoms with Crippen molar-refractivity contribution in [1.29, 1.82) is 0 Å². The summed E-state index contributed by atoms with van der Waals surface area (Å²) in [4.78, 5) is 25.9. The van der Waals surface area contributed by atoms with Crippen LogP contribution in [0.2, 0.25) is 0 Å². The van der Waals surface area contributed by atoms with Crippen LogP contribution >= 0.6 is 0 Å². The van der Waals surface area contributed by atoms with E-state index in [-0.39, 0.29) is 34.2 Å². The molecule has 0 saturated heterocycles. The van der Waals surface area contributed by atoms with Gasteiger partial charge in [0.2, 0.25) is 0 Å². The zero-order valence-electron chi connectivity index (χ0n) is 18.3. The largest absolute Gasteiger partial charge is 0.507 e. The number of phenols is 1. The molecule has 0 saturated carbocycles. The predicted molar refractivity (Wildman–Crippen MR) is 122 cm³/mol. The van der Waals surface area contributed by atoms with E-state index in [1.165, 1.54) is 6.07 Å². The molecule has 3 N–H and O–H groups in total. The molecule has 3 rings (SSSR count). The molecule has 0 fully saturated rings. The van der Waals surface area contributed by atoms with E-state index < -0.39 is 10.1 Å². The molecule has 0 atom stereocenters. The lowest BCUT2D eigenvalue weighted by molar-refractivity contribution is -0.890. The number of benzene rings is 2. The van der Waals surface area contributed by atoms with Crippen LogP contribution in [0.25, 0.3) is 0 Å². The van der Waals surface area contributed by atoms with Gasteiger partial charge < -0.3 is 14.9 Å². The Morgan fingerprint density at radius 3 is 2.09 bits per heavy atom. The van der Waals surface area contributed by atoms with Crippen molar-refractivity contribution in [3.05, 3.63) is 58.7 Å². The lowest BCUT2D eigenvalue weighted by Gasteiger charge is -2.30. The molecule has 0 aliphatic heterocycles. The van der Waals surface area contributed by atoms with Crippen molar-refractivity contribution in [2.24, 2.45) is 0 Å². The minimum absolute atomic E-state index is 0.0358. The van der Waals surface area contributed by atoms with Gasteiger partial charge in [0.1, 0.15) is 5.75 Å². The number of unbranched alkanes of at least 4 members (excludes halogenated alkanes) is 1. The molecule has 8 nitrogen and oxygen atoms in total. The number of quaternary nitrogens is 1. The van der Waals surface area contributed by atoms with Gasteiger partial charge in [-0.1, -0.05) is 24.3 Å².